The van der Waals surface area contributed by atoms with Gasteiger partial charge in [-0.1, -0.05) is 0 Å². The smallest absolute Gasteiger partial charge is 0.355 e. The van der Waals surface area contributed by atoms with Crippen LogP contribution in [0.4, 0.5) is 31.8 Å². The van der Waals surface area contributed by atoms with Gasteiger partial charge in [0, 0.05) is 6.07 Å². The summed E-state index contributed by atoms with van der Waals surface area (Å²) in [7, 11) is 0. The molecule has 0 fully saturated rings. The number of carbonyl (C=O) groups is 1. The summed E-state index contributed by atoms with van der Waals surface area (Å²) in [5, 5.41) is 13.8. The van der Waals surface area contributed by atoms with Gasteiger partial charge < -0.3 is 9.73 Å². The fourth-order valence-electron chi connectivity index (χ4n) is 2.04. The van der Waals surface area contributed by atoms with Crippen molar-refractivity contribution in [3.63, 3.8) is 0 Å². The lowest BCUT2D eigenvalue weighted by molar-refractivity contribution is -0.383. The van der Waals surface area contributed by atoms with E-state index in [1.54, 1.807) is 0 Å². The van der Waals surface area contributed by atoms with Gasteiger partial charge in [-0.3, -0.25) is 25.8 Å². The first-order valence-corrected chi connectivity index (χ1v) is 7.27. The lowest BCUT2D eigenvalue weighted by atomic mass is 10.3. The van der Waals surface area contributed by atoms with E-state index in [-0.39, 0.29) is 23.1 Å². The van der Waals surface area contributed by atoms with Crippen molar-refractivity contribution in [1.82, 2.24) is 15.4 Å². The number of benzene rings is 1. The van der Waals surface area contributed by atoms with Crippen molar-refractivity contribution in [2.75, 3.05) is 10.7 Å². The Hall–Kier alpha value is -4.09. The summed E-state index contributed by atoms with van der Waals surface area (Å²) >= 11 is 0. The van der Waals surface area contributed by atoms with Gasteiger partial charge in [0.05, 0.1) is 16.9 Å². The highest BCUT2D eigenvalue weighted by Crippen LogP contribution is 2.31. The summed E-state index contributed by atoms with van der Waals surface area (Å²) in [6, 6.07) is 5.51. The summed E-state index contributed by atoms with van der Waals surface area (Å²) in [5.41, 5.74) is 3.57. The number of nitrogens with one attached hydrogen (secondary N) is 3. The van der Waals surface area contributed by atoms with E-state index in [1.165, 1.54) is 18.4 Å². The summed E-state index contributed by atoms with van der Waals surface area (Å²) in [5.74, 6) is -3.24. The quantitative estimate of drug-likeness (QED) is 0.441. The Morgan fingerprint density at radius 3 is 2.63 bits per heavy atom. The standard InChI is InChI=1S/C15H10F2N6O4/c16-8-3-4-10(9(17)6-8)20-13-12(23(25)26)14(19-7-18-13)21-22-15(24)11-2-1-5-27-11/h1-7H,(H,22,24)(H2,18,19,20,21). The molecule has 0 radical (unpaired) electrons. The van der Waals surface area contributed by atoms with Crippen molar-refractivity contribution in [3.8, 4) is 0 Å². The van der Waals surface area contributed by atoms with Crippen LogP contribution >= 0.6 is 0 Å². The maximum atomic E-state index is 13.8. The highest BCUT2D eigenvalue weighted by molar-refractivity contribution is 5.92. The number of anilines is 3. The van der Waals surface area contributed by atoms with Crippen molar-refractivity contribution in [2.24, 2.45) is 0 Å². The van der Waals surface area contributed by atoms with Crippen LogP contribution in [-0.2, 0) is 0 Å². The lowest BCUT2D eigenvalue weighted by Gasteiger charge is -2.10. The molecule has 0 bridgehead atoms. The third kappa shape index (κ3) is 3.95. The lowest BCUT2D eigenvalue weighted by Crippen LogP contribution is -2.30. The first kappa shape index (κ1) is 17.7. The SMILES string of the molecule is O=C(NNc1ncnc(Nc2ccc(F)cc2F)c1[N+](=O)[O-])c1ccco1. The fraction of sp³-hybridized carbons (Fsp3) is 0. The largest absolute Gasteiger partial charge is 0.459 e. The number of hydrogen-bond donors (Lipinski definition) is 3. The predicted octanol–water partition coefficient (Wildman–Crippen LogP) is 2.76. The van der Waals surface area contributed by atoms with Gasteiger partial charge >= 0.3 is 11.6 Å². The molecule has 0 saturated heterocycles. The van der Waals surface area contributed by atoms with E-state index in [1.807, 2.05) is 0 Å². The first-order chi connectivity index (χ1) is 13.0. The fourth-order valence-corrected chi connectivity index (χ4v) is 2.04. The van der Waals surface area contributed by atoms with Gasteiger partial charge in [-0.25, -0.2) is 18.7 Å². The number of amides is 1. The molecule has 0 saturated carbocycles. The maximum Gasteiger partial charge on any atom is 0.355 e. The van der Waals surface area contributed by atoms with E-state index < -0.39 is 28.2 Å². The van der Waals surface area contributed by atoms with Crippen molar-refractivity contribution >= 4 is 28.9 Å². The molecule has 0 aliphatic rings. The van der Waals surface area contributed by atoms with Crippen LogP contribution in [-0.4, -0.2) is 20.8 Å². The number of furan rings is 1. The normalized spacial score (nSPS) is 10.3. The third-order valence-electron chi connectivity index (χ3n) is 3.23. The topological polar surface area (TPSA) is 135 Å². The van der Waals surface area contributed by atoms with Gasteiger partial charge in [0.2, 0.25) is 11.6 Å². The van der Waals surface area contributed by atoms with Crippen LogP contribution in [0.3, 0.4) is 0 Å². The van der Waals surface area contributed by atoms with Crippen molar-refractivity contribution in [1.29, 1.82) is 0 Å². The highest BCUT2D eigenvalue weighted by atomic mass is 19.1. The Morgan fingerprint density at radius 1 is 1.19 bits per heavy atom. The number of nitrogens with zero attached hydrogens (tertiary/aromatic N) is 3. The Labute approximate surface area is 149 Å². The molecule has 12 heteroatoms. The number of carbonyl (C=O) groups excluding carboxylic acids is 1. The zero-order chi connectivity index (χ0) is 19.4. The Balaban J connectivity index is 1.86. The minimum absolute atomic E-state index is 0.0362. The first-order valence-electron chi connectivity index (χ1n) is 7.27. The number of aromatic nitrogens is 2. The summed E-state index contributed by atoms with van der Waals surface area (Å²) < 4.78 is 31.7. The molecule has 0 aliphatic carbocycles. The van der Waals surface area contributed by atoms with Crippen molar-refractivity contribution in [3.05, 3.63) is 70.4 Å². The second kappa shape index (κ2) is 7.43. The zero-order valence-electron chi connectivity index (χ0n) is 13.3. The number of nitro groups is 1. The zero-order valence-corrected chi connectivity index (χ0v) is 13.3. The number of halogens is 2. The predicted molar refractivity (Wildman–Crippen MR) is 88.1 cm³/mol. The minimum atomic E-state index is -0.969. The summed E-state index contributed by atoms with van der Waals surface area (Å²) in [4.78, 5) is 29.8. The van der Waals surface area contributed by atoms with E-state index in [2.05, 4.69) is 26.1 Å². The summed E-state index contributed by atoms with van der Waals surface area (Å²) in [6.07, 6.45) is 2.24. The molecule has 10 nitrogen and oxygen atoms in total. The molecule has 1 aromatic carbocycles. The second-order valence-electron chi connectivity index (χ2n) is 4.98. The van der Waals surface area contributed by atoms with E-state index in [0.717, 1.165) is 18.5 Å². The number of hydrogen-bond acceptors (Lipinski definition) is 8. The molecule has 0 aliphatic heterocycles. The monoisotopic (exact) mass is 376 g/mol. The van der Waals surface area contributed by atoms with Gasteiger partial charge in [0.1, 0.15) is 18.0 Å². The van der Waals surface area contributed by atoms with E-state index >= 15 is 0 Å². The highest BCUT2D eigenvalue weighted by Gasteiger charge is 2.24. The van der Waals surface area contributed by atoms with Crippen molar-refractivity contribution < 1.29 is 22.9 Å². The molecule has 0 atom stereocenters. The van der Waals surface area contributed by atoms with Gasteiger partial charge in [-0.15, -0.1) is 0 Å². The van der Waals surface area contributed by atoms with E-state index in [9.17, 15) is 23.7 Å². The maximum absolute atomic E-state index is 13.8. The molecule has 1 amide bonds. The van der Waals surface area contributed by atoms with Crippen molar-refractivity contribution in [2.45, 2.75) is 0 Å². The van der Waals surface area contributed by atoms with Crippen LogP contribution in [0.15, 0.2) is 47.3 Å². The second-order valence-corrected chi connectivity index (χ2v) is 4.98. The number of hydrazine groups is 1. The molecule has 27 heavy (non-hydrogen) atoms. The molecule has 138 valence electrons. The van der Waals surface area contributed by atoms with Crippen LogP contribution in [0, 0.1) is 21.7 Å². The Bertz CT molecular complexity index is 996. The van der Waals surface area contributed by atoms with Crippen LogP contribution in [0.1, 0.15) is 10.6 Å². The Morgan fingerprint density at radius 2 is 1.96 bits per heavy atom. The van der Waals surface area contributed by atoms with Crippen LogP contribution < -0.4 is 16.2 Å². The van der Waals surface area contributed by atoms with Crippen LogP contribution in [0.5, 0.6) is 0 Å². The van der Waals surface area contributed by atoms with Gasteiger partial charge in [0.25, 0.3) is 0 Å². The molecule has 3 N–H and O–H groups in total. The molecular formula is C15H10F2N6O4. The van der Waals surface area contributed by atoms with Crippen LogP contribution in [0.25, 0.3) is 0 Å². The van der Waals surface area contributed by atoms with Crippen LogP contribution in [0.2, 0.25) is 0 Å². The minimum Gasteiger partial charge on any atom is -0.459 e. The molecular weight excluding hydrogens is 366 g/mol. The number of rotatable bonds is 6. The van der Waals surface area contributed by atoms with Gasteiger partial charge in [-0.2, -0.15) is 0 Å². The third-order valence-corrected chi connectivity index (χ3v) is 3.23. The average Bonchev–Trinajstić information content (AvgIpc) is 3.16. The van der Waals surface area contributed by atoms with Gasteiger partial charge in [-0.05, 0) is 24.3 Å². The molecule has 0 spiro atoms. The average molecular weight is 376 g/mol. The van der Waals surface area contributed by atoms with E-state index in [0.29, 0.717) is 6.07 Å². The molecule has 0 unspecified atom stereocenters. The molecule has 2 aromatic heterocycles. The molecule has 2 heterocycles. The Kier molecular flexibility index (Phi) is 4.88. The molecule has 3 aromatic rings. The molecule has 3 rings (SSSR count). The summed E-state index contributed by atoms with van der Waals surface area (Å²) in [6.45, 7) is 0. The van der Waals surface area contributed by atoms with E-state index in [4.69, 9.17) is 4.42 Å². The van der Waals surface area contributed by atoms with Gasteiger partial charge in [0.15, 0.2) is 5.76 Å².